The molecular formula is C31H36FN3O3. The number of rotatable bonds is 12. The summed E-state index contributed by atoms with van der Waals surface area (Å²) >= 11 is 0. The van der Waals surface area contributed by atoms with Gasteiger partial charge in [0.2, 0.25) is 11.8 Å². The topological polar surface area (TPSA) is 61.9 Å². The highest BCUT2D eigenvalue weighted by Crippen LogP contribution is 2.17. The van der Waals surface area contributed by atoms with Gasteiger partial charge >= 0.3 is 0 Å². The number of halogens is 1. The highest BCUT2D eigenvalue weighted by atomic mass is 19.1. The van der Waals surface area contributed by atoms with Gasteiger partial charge in [0.25, 0.3) is 0 Å². The molecule has 0 radical (unpaired) electrons. The summed E-state index contributed by atoms with van der Waals surface area (Å²) in [7, 11) is 0. The number of carbonyl (C=O) groups is 2. The second-order valence-electron chi connectivity index (χ2n) is 9.58. The van der Waals surface area contributed by atoms with E-state index in [0.29, 0.717) is 32.6 Å². The lowest BCUT2D eigenvalue weighted by molar-refractivity contribution is -0.141. The fourth-order valence-electron chi connectivity index (χ4n) is 4.66. The number of hydrogen-bond acceptors (Lipinski definition) is 4. The van der Waals surface area contributed by atoms with Crippen molar-refractivity contribution < 1.29 is 18.7 Å². The second kappa shape index (κ2) is 14.4. The van der Waals surface area contributed by atoms with Crippen molar-refractivity contribution in [1.82, 2.24) is 15.1 Å². The highest BCUT2D eigenvalue weighted by Gasteiger charge is 2.30. The molecule has 3 aromatic rings. The second-order valence-corrected chi connectivity index (χ2v) is 9.58. The van der Waals surface area contributed by atoms with E-state index in [0.717, 1.165) is 36.3 Å². The molecule has 1 atom stereocenters. The van der Waals surface area contributed by atoms with Crippen LogP contribution in [-0.4, -0.2) is 67.0 Å². The smallest absolute Gasteiger partial charge is 0.243 e. The van der Waals surface area contributed by atoms with Crippen LogP contribution in [0.4, 0.5) is 4.39 Å². The Bertz CT molecular complexity index is 1140. The van der Waals surface area contributed by atoms with E-state index in [-0.39, 0.29) is 30.6 Å². The van der Waals surface area contributed by atoms with Crippen LogP contribution < -0.4 is 5.32 Å². The van der Waals surface area contributed by atoms with Gasteiger partial charge in [-0.05, 0) is 35.2 Å². The van der Waals surface area contributed by atoms with Gasteiger partial charge in [-0.3, -0.25) is 14.5 Å². The number of hydrogen-bond donors (Lipinski definition) is 1. The third-order valence-electron chi connectivity index (χ3n) is 6.84. The van der Waals surface area contributed by atoms with Gasteiger partial charge in [-0.2, -0.15) is 0 Å². The molecule has 1 heterocycles. The van der Waals surface area contributed by atoms with Crippen LogP contribution in [0.5, 0.6) is 0 Å². The van der Waals surface area contributed by atoms with Gasteiger partial charge in [-0.1, -0.05) is 72.8 Å². The summed E-state index contributed by atoms with van der Waals surface area (Å²) in [5.74, 6) is -0.628. The molecule has 0 spiro atoms. The van der Waals surface area contributed by atoms with E-state index < -0.39 is 6.04 Å². The first-order chi connectivity index (χ1) is 18.6. The average molecular weight is 518 g/mol. The lowest BCUT2D eigenvalue weighted by Gasteiger charge is -2.32. The van der Waals surface area contributed by atoms with Gasteiger partial charge in [0.15, 0.2) is 0 Å². The van der Waals surface area contributed by atoms with Crippen LogP contribution in [0.25, 0.3) is 0 Å². The molecule has 7 heteroatoms. The molecule has 1 aliphatic heterocycles. The minimum absolute atomic E-state index is 0.109. The Labute approximate surface area is 224 Å². The summed E-state index contributed by atoms with van der Waals surface area (Å²) in [4.78, 5) is 31.3. The third-order valence-corrected chi connectivity index (χ3v) is 6.84. The average Bonchev–Trinajstić information content (AvgIpc) is 2.96. The van der Waals surface area contributed by atoms with Gasteiger partial charge in [-0.15, -0.1) is 0 Å². The summed E-state index contributed by atoms with van der Waals surface area (Å²) < 4.78 is 19.0. The molecule has 0 saturated carbocycles. The first-order valence-electron chi connectivity index (χ1n) is 13.3. The molecule has 1 aliphatic rings. The van der Waals surface area contributed by atoms with Crippen LogP contribution in [-0.2, 0) is 33.7 Å². The largest absolute Gasteiger partial charge is 0.379 e. The molecular weight excluding hydrogens is 481 g/mol. The van der Waals surface area contributed by atoms with Gasteiger partial charge in [0.05, 0.1) is 13.2 Å². The van der Waals surface area contributed by atoms with Crippen molar-refractivity contribution in [3.05, 3.63) is 107 Å². The summed E-state index contributed by atoms with van der Waals surface area (Å²) in [5.41, 5.74) is 2.82. The fraction of sp³-hybridized carbons (Fsp3) is 0.355. The maximum atomic E-state index is 13.7. The Balaban J connectivity index is 1.53. The lowest BCUT2D eigenvalue weighted by Crippen LogP contribution is -2.52. The fourth-order valence-corrected chi connectivity index (χ4v) is 4.66. The first-order valence-corrected chi connectivity index (χ1v) is 13.3. The zero-order valence-corrected chi connectivity index (χ0v) is 21.7. The minimum atomic E-state index is -0.699. The molecule has 1 N–H and O–H groups in total. The molecule has 0 aromatic heterocycles. The molecule has 4 rings (SSSR count). The van der Waals surface area contributed by atoms with Crippen molar-refractivity contribution in [2.45, 2.75) is 31.8 Å². The molecule has 2 amide bonds. The van der Waals surface area contributed by atoms with E-state index >= 15 is 0 Å². The minimum Gasteiger partial charge on any atom is -0.379 e. The number of benzene rings is 3. The van der Waals surface area contributed by atoms with Crippen LogP contribution in [0.15, 0.2) is 84.9 Å². The van der Waals surface area contributed by atoms with Crippen LogP contribution in [0.3, 0.4) is 0 Å². The van der Waals surface area contributed by atoms with Gasteiger partial charge in [0, 0.05) is 45.6 Å². The standard InChI is InChI=1S/C31H36FN3O3/c32-28-14-11-27(12-15-28)24-35(30(36)16-13-25-7-3-1-4-8-25)29(23-26-9-5-2-6-10-26)31(37)33-17-18-34-19-21-38-22-20-34/h1-12,14-15,29H,13,16-24H2,(H,33,37)/t29-/m0/s1. The van der Waals surface area contributed by atoms with Crippen molar-refractivity contribution >= 4 is 11.8 Å². The normalized spacial score (nSPS) is 14.6. The lowest BCUT2D eigenvalue weighted by atomic mass is 10.0. The van der Waals surface area contributed by atoms with Crippen molar-refractivity contribution in [2.24, 2.45) is 0 Å². The third kappa shape index (κ3) is 8.50. The van der Waals surface area contributed by atoms with Gasteiger partial charge in [0.1, 0.15) is 11.9 Å². The van der Waals surface area contributed by atoms with E-state index in [1.54, 1.807) is 17.0 Å². The summed E-state index contributed by atoms with van der Waals surface area (Å²) in [6.45, 7) is 4.54. The monoisotopic (exact) mass is 517 g/mol. The van der Waals surface area contributed by atoms with E-state index in [9.17, 15) is 14.0 Å². The van der Waals surface area contributed by atoms with Crippen molar-refractivity contribution in [1.29, 1.82) is 0 Å². The van der Waals surface area contributed by atoms with Crippen molar-refractivity contribution in [2.75, 3.05) is 39.4 Å². The predicted molar refractivity (Wildman–Crippen MR) is 146 cm³/mol. The Morgan fingerprint density at radius 2 is 1.50 bits per heavy atom. The van der Waals surface area contributed by atoms with Gasteiger partial charge < -0.3 is 15.0 Å². The Morgan fingerprint density at radius 1 is 0.868 bits per heavy atom. The van der Waals surface area contributed by atoms with Crippen molar-refractivity contribution in [3.8, 4) is 0 Å². The molecule has 0 unspecified atom stereocenters. The highest BCUT2D eigenvalue weighted by molar-refractivity contribution is 5.88. The van der Waals surface area contributed by atoms with Crippen molar-refractivity contribution in [3.63, 3.8) is 0 Å². The summed E-state index contributed by atoms with van der Waals surface area (Å²) in [6.07, 6.45) is 1.25. The number of nitrogens with zero attached hydrogens (tertiary/aromatic N) is 2. The molecule has 38 heavy (non-hydrogen) atoms. The summed E-state index contributed by atoms with van der Waals surface area (Å²) in [5, 5.41) is 3.08. The molecule has 3 aromatic carbocycles. The van der Waals surface area contributed by atoms with Gasteiger partial charge in [-0.25, -0.2) is 4.39 Å². The zero-order chi connectivity index (χ0) is 26.6. The molecule has 200 valence electrons. The van der Waals surface area contributed by atoms with Crippen LogP contribution >= 0.6 is 0 Å². The molecule has 0 bridgehead atoms. The van der Waals surface area contributed by atoms with E-state index in [1.165, 1.54) is 12.1 Å². The summed E-state index contributed by atoms with van der Waals surface area (Å²) in [6, 6.07) is 25.0. The number of ether oxygens (including phenoxy) is 1. The molecule has 6 nitrogen and oxygen atoms in total. The number of nitrogens with one attached hydrogen (secondary N) is 1. The Kier molecular flexibility index (Phi) is 10.4. The van der Waals surface area contributed by atoms with E-state index in [2.05, 4.69) is 10.2 Å². The predicted octanol–water partition coefficient (Wildman–Crippen LogP) is 3.85. The Hall–Kier alpha value is -3.55. The molecule has 1 saturated heterocycles. The Morgan fingerprint density at radius 3 is 2.16 bits per heavy atom. The van der Waals surface area contributed by atoms with Crippen LogP contribution in [0.1, 0.15) is 23.1 Å². The molecule has 0 aliphatic carbocycles. The zero-order valence-electron chi connectivity index (χ0n) is 21.7. The maximum absolute atomic E-state index is 13.7. The van der Waals surface area contributed by atoms with Crippen LogP contribution in [0, 0.1) is 5.82 Å². The van der Waals surface area contributed by atoms with E-state index in [1.807, 2.05) is 60.7 Å². The number of amides is 2. The molecule has 1 fully saturated rings. The van der Waals surface area contributed by atoms with E-state index in [4.69, 9.17) is 4.74 Å². The van der Waals surface area contributed by atoms with Crippen LogP contribution in [0.2, 0.25) is 0 Å². The number of morpholine rings is 1. The number of carbonyl (C=O) groups excluding carboxylic acids is 2. The maximum Gasteiger partial charge on any atom is 0.243 e. The quantitative estimate of drug-likeness (QED) is 0.397. The SMILES string of the molecule is O=C(NCCN1CCOCC1)[C@H](Cc1ccccc1)N(Cc1ccc(F)cc1)C(=O)CCc1ccccc1. The number of aryl methyl sites for hydroxylation is 1. The first kappa shape index (κ1) is 27.5.